The first-order valence-electron chi connectivity index (χ1n) is 3.80. The fourth-order valence-corrected chi connectivity index (χ4v) is 1.86. The number of allylic oxidation sites excluding steroid dienone is 2. The molecule has 0 spiro atoms. The van der Waals surface area contributed by atoms with E-state index in [0.29, 0.717) is 5.92 Å². The molecule has 62 valence electrons. The largest absolute Gasteiger partial charge is 0.345 e. The van der Waals surface area contributed by atoms with E-state index in [0.717, 1.165) is 4.48 Å². The third kappa shape index (κ3) is 1.37. The van der Waals surface area contributed by atoms with Crippen LogP contribution in [0.15, 0.2) is 34.9 Å². The third-order valence-electron chi connectivity index (χ3n) is 2.01. The van der Waals surface area contributed by atoms with Crippen molar-refractivity contribution in [2.75, 3.05) is 0 Å². The normalized spacial score (nSPS) is 32.4. The smallest absolute Gasteiger partial charge is 0.244 e. The summed E-state index contributed by atoms with van der Waals surface area (Å²) < 4.78 is 1.07. The van der Waals surface area contributed by atoms with Crippen LogP contribution in [0, 0.1) is 5.92 Å². The van der Waals surface area contributed by atoms with Crippen LogP contribution in [0.2, 0.25) is 0 Å². The second-order valence-corrected chi connectivity index (χ2v) is 3.80. The van der Waals surface area contributed by atoms with Gasteiger partial charge in [-0.15, -0.1) is 0 Å². The zero-order valence-corrected chi connectivity index (χ0v) is 7.91. The third-order valence-corrected chi connectivity index (χ3v) is 2.54. The highest BCUT2D eigenvalue weighted by atomic mass is 79.9. The van der Waals surface area contributed by atoms with Crippen molar-refractivity contribution >= 4 is 21.8 Å². The molecule has 0 aromatic heterocycles. The van der Waals surface area contributed by atoms with Crippen LogP contribution >= 0.6 is 15.9 Å². The molecule has 12 heavy (non-hydrogen) atoms. The fourth-order valence-electron chi connectivity index (χ4n) is 1.40. The molecule has 2 unspecified atom stereocenters. The monoisotopic (exact) mass is 225 g/mol. The molecule has 1 N–H and O–H groups in total. The molecule has 0 aromatic carbocycles. The zero-order valence-electron chi connectivity index (χ0n) is 6.33. The zero-order chi connectivity index (χ0) is 8.55. The minimum absolute atomic E-state index is 0.00711. The average molecular weight is 226 g/mol. The topological polar surface area (TPSA) is 29.1 Å². The molecular weight excluding hydrogens is 218 g/mol. The molecule has 0 bridgehead atoms. The van der Waals surface area contributed by atoms with Crippen molar-refractivity contribution in [3.63, 3.8) is 0 Å². The maximum atomic E-state index is 10.9. The minimum Gasteiger partial charge on any atom is -0.345 e. The Morgan fingerprint density at radius 3 is 3.00 bits per heavy atom. The van der Waals surface area contributed by atoms with Crippen molar-refractivity contribution < 1.29 is 4.79 Å². The SMILES string of the molecule is O=C1C=CC2C=C(Br)C=CC2N1. The molecule has 2 nitrogen and oxygen atoms in total. The number of nitrogens with one attached hydrogen (secondary N) is 1. The molecule has 1 aliphatic carbocycles. The summed E-state index contributed by atoms with van der Waals surface area (Å²) in [5, 5.41) is 2.86. The quantitative estimate of drug-likeness (QED) is 0.666. The van der Waals surface area contributed by atoms with Crippen LogP contribution in [0.4, 0.5) is 0 Å². The molecule has 1 heterocycles. The van der Waals surface area contributed by atoms with Crippen LogP contribution in [-0.4, -0.2) is 11.9 Å². The number of amides is 1. The maximum Gasteiger partial charge on any atom is 0.244 e. The lowest BCUT2D eigenvalue weighted by Crippen LogP contribution is -2.40. The molecule has 0 radical (unpaired) electrons. The molecular formula is C9H8BrNO. The molecule has 2 atom stereocenters. The van der Waals surface area contributed by atoms with Gasteiger partial charge in [0.25, 0.3) is 0 Å². The molecule has 0 saturated heterocycles. The number of carbonyl (C=O) groups excluding carboxylic acids is 1. The van der Waals surface area contributed by atoms with Gasteiger partial charge in [-0.1, -0.05) is 40.2 Å². The summed E-state index contributed by atoms with van der Waals surface area (Å²) in [4.78, 5) is 10.9. The molecule has 3 heteroatoms. The Morgan fingerprint density at radius 1 is 1.33 bits per heavy atom. The first-order chi connectivity index (χ1) is 5.75. The minimum atomic E-state index is -0.00711. The highest BCUT2D eigenvalue weighted by molar-refractivity contribution is 9.11. The molecule has 0 aromatic rings. The van der Waals surface area contributed by atoms with Crippen LogP contribution in [-0.2, 0) is 4.79 Å². The highest BCUT2D eigenvalue weighted by Crippen LogP contribution is 2.23. The van der Waals surface area contributed by atoms with Gasteiger partial charge in [0.1, 0.15) is 0 Å². The summed E-state index contributed by atoms with van der Waals surface area (Å²) in [7, 11) is 0. The van der Waals surface area contributed by atoms with Gasteiger partial charge in [-0.25, -0.2) is 0 Å². The highest BCUT2D eigenvalue weighted by Gasteiger charge is 2.22. The molecule has 0 fully saturated rings. The summed E-state index contributed by atoms with van der Waals surface area (Å²) in [6, 6.07) is 0.142. The van der Waals surface area contributed by atoms with Crippen LogP contribution in [0.25, 0.3) is 0 Å². The van der Waals surface area contributed by atoms with Crippen molar-refractivity contribution in [3.8, 4) is 0 Å². The van der Waals surface area contributed by atoms with Crippen LogP contribution in [0.1, 0.15) is 0 Å². The Morgan fingerprint density at radius 2 is 2.17 bits per heavy atom. The summed E-state index contributed by atoms with van der Waals surface area (Å²) >= 11 is 3.39. The molecule has 0 saturated carbocycles. The predicted molar refractivity (Wildman–Crippen MR) is 50.7 cm³/mol. The maximum absolute atomic E-state index is 10.9. The Bertz CT molecular complexity index is 304. The lowest BCUT2D eigenvalue weighted by molar-refractivity contribution is -0.117. The number of halogens is 1. The van der Waals surface area contributed by atoms with Gasteiger partial charge in [0.05, 0.1) is 6.04 Å². The van der Waals surface area contributed by atoms with Crippen LogP contribution < -0.4 is 5.32 Å². The molecule has 1 amide bonds. The Kier molecular flexibility index (Phi) is 1.89. The summed E-state index contributed by atoms with van der Waals surface area (Å²) in [5.41, 5.74) is 0. The van der Waals surface area contributed by atoms with E-state index in [2.05, 4.69) is 27.3 Å². The lowest BCUT2D eigenvalue weighted by Gasteiger charge is -2.26. The van der Waals surface area contributed by atoms with E-state index in [1.807, 2.05) is 18.2 Å². The molecule has 2 aliphatic rings. The van der Waals surface area contributed by atoms with Gasteiger partial charge in [-0.3, -0.25) is 4.79 Å². The Balaban J connectivity index is 2.27. The van der Waals surface area contributed by atoms with Crippen molar-refractivity contribution in [2.45, 2.75) is 6.04 Å². The van der Waals surface area contributed by atoms with Crippen molar-refractivity contribution in [2.24, 2.45) is 5.92 Å². The van der Waals surface area contributed by atoms with Crippen molar-refractivity contribution in [3.05, 3.63) is 34.9 Å². The van der Waals surface area contributed by atoms with E-state index in [9.17, 15) is 4.79 Å². The number of carbonyl (C=O) groups is 1. The second kappa shape index (κ2) is 2.90. The second-order valence-electron chi connectivity index (χ2n) is 2.88. The first-order valence-corrected chi connectivity index (χ1v) is 4.59. The lowest BCUT2D eigenvalue weighted by atomic mass is 9.92. The number of hydrogen-bond acceptors (Lipinski definition) is 1. The van der Waals surface area contributed by atoms with Crippen LogP contribution in [0.5, 0.6) is 0 Å². The number of hydrogen-bond donors (Lipinski definition) is 1. The van der Waals surface area contributed by atoms with Crippen molar-refractivity contribution in [1.29, 1.82) is 0 Å². The van der Waals surface area contributed by atoms with E-state index < -0.39 is 0 Å². The molecule has 2 rings (SSSR count). The van der Waals surface area contributed by atoms with Crippen molar-refractivity contribution in [1.82, 2.24) is 5.32 Å². The predicted octanol–water partition coefficient (Wildman–Crippen LogP) is 1.51. The van der Waals surface area contributed by atoms with E-state index >= 15 is 0 Å². The summed E-state index contributed by atoms with van der Waals surface area (Å²) in [5.74, 6) is 0.300. The van der Waals surface area contributed by atoms with Gasteiger partial charge in [0, 0.05) is 10.4 Å². The van der Waals surface area contributed by atoms with Gasteiger partial charge in [0.15, 0.2) is 0 Å². The fraction of sp³-hybridized carbons (Fsp3) is 0.222. The van der Waals surface area contributed by atoms with Gasteiger partial charge in [-0.05, 0) is 6.08 Å². The number of rotatable bonds is 0. The van der Waals surface area contributed by atoms with E-state index in [4.69, 9.17) is 0 Å². The van der Waals surface area contributed by atoms with Crippen LogP contribution in [0.3, 0.4) is 0 Å². The van der Waals surface area contributed by atoms with Gasteiger partial charge >= 0.3 is 0 Å². The number of fused-ring (bicyclic) bond motifs is 1. The Labute approximate surface area is 79.2 Å². The molecule has 1 aliphatic heterocycles. The Hall–Kier alpha value is -0.830. The first kappa shape index (κ1) is 7.80. The average Bonchev–Trinajstić information content (AvgIpc) is 2.05. The standard InChI is InChI=1S/C9H8BrNO/c10-7-2-3-8-6(5-7)1-4-9(12)11-8/h1-6,8H,(H,11,12). The summed E-state index contributed by atoms with van der Waals surface area (Å²) in [6.45, 7) is 0. The van der Waals surface area contributed by atoms with E-state index in [1.54, 1.807) is 6.08 Å². The van der Waals surface area contributed by atoms with Gasteiger partial charge in [0.2, 0.25) is 5.91 Å². The van der Waals surface area contributed by atoms with Gasteiger partial charge < -0.3 is 5.32 Å². The van der Waals surface area contributed by atoms with E-state index in [1.165, 1.54) is 0 Å². The van der Waals surface area contributed by atoms with E-state index in [-0.39, 0.29) is 11.9 Å². The van der Waals surface area contributed by atoms with Gasteiger partial charge in [-0.2, -0.15) is 0 Å². The summed E-state index contributed by atoms with van der Waals surface area (Å²) in [6.07, 6.45) is 9.54.